The van der Waals surface area contributed by atoms with E-state index in [-0.39, 0.29) is 28.8 Å². The number of hydrogen-bond acceptors (Lipinski definition) is 5. The Balaban J connectivity index is 1.54. The number of ether oxygens (including phenoxy) is 1. The van der Waals surface area contributed by atoms with Crippen LogP contribution in [0.15, 0.2) is 60.7 Å². The number of hydrogen-bond donors (Lipinski definition) is 2. The van der Waals surface area contributed by atoms with Crippen LogP contribution in [0.25, 0.3) is 0 Å². The van der Waals surface area contributed by atoms with Gasteiger partial charge in [-0.25, -0.2) is 4.79 Å². The average molecular weight is 595 g/mol. The maximum atomic E-state index is 14.6. The maximum Gasteiger partial charge on any atom is 0.335 e. The van der Waals surface area contributed by atoms with Crippen LogP contribution in [0.2, 0.25) is 10.0 Å². The number of amides is 1. The smallest absolute Gasteiger partial charge is 0.335 e. The molecule has 0 aliphatic carbocycles. The van der Waals surface area contributed by atoms with Crippen LogP contribution in [-0.2, 0) is 10.2 Å². The van der Waals surface area contributed by atoms with E-state index in [2.05, 4.69) is 43.1 Å². The van der Waals surface area contributed by atoms with Crippen molar-refractivity contribution in [3.05, 3.63) is 87.4 Å². The largest absolute Gasteiger partial charge is 0.495 e. The van der Waals surface area contributed by atoms with E-state index in [4.69, 9.17) is 27.9 Å². The van der Waals surface area contributed by atoms with E-state index in [9.17, 15) is 14.7 Å². The van der Waals surface area contributed by atoms with Crippen molar-refractivity contribution in [1.29, 1.82) is 0 Å². The highest BCUT2D eigenvalue weighted by atomic mass is 35.5. The first-order chi connectivity index (χ1) is 19.4. The lowest BCUT2D eigenvalue weighted by Crippen LogP contribution is -2.49. The zero-order valence-electron chi connectivity index (χ0n) is 23.4. The van der Waals surface area contributed by atoms with E-state index in [1.807, 2.05) is 30.3 Å². The van der Waals surface area contributed by atoms with Crippen molar-refractivity contribution in [2.75, 3.05) is 30.5 Å². The molecule has 3 aromatic rings. The minimum absolute atomic E-state index is 0.00430. The molecule has 7 nitrogen and oxygen atoms in total. The molecule has 2 saturated heterocycles. The van der Waals surface area contributed by atoms with E-state index in [0.29, 0.717) is 34.7 Å². The van der Waals surface area contributed by atoms with Crippen molar-refractivity contribution < 1.29 is 19.4 Å². The molecule has 0 saturated carbocycles. The third kappa shape index (κ3) is 4.46. The van der Waals surface area contributed by atoms with Crippen LogP contribution in [-0.4, -0.2) is 54.3 Å². The summed E-state index contributed by atoms with van der Waals surface area (Å²) in [5, 5.41) is 14.4. The molecule has 4 atom stereocenters. The van der Waals surface area contributed by atoms with Gasteiger partial charge < -0.3 is 15.2 Å². The third-order valence-corrected chi connectivity index (χ3v) is 9.30. The van der Waals surface area contributed by atoms with Gasteiger partial charge in [-0.3, -0.25) is 14.6 Å². The van der Waals surface area contributed by atoms with E-state index in [1.54, 1.807) is 11.0 Å². The standard InChI is InChI=1S/C32H33Cl2N3O4/c1-31(2,3)15-26-32(16-35-23-14-21(34)9-10-22(23)32)27(18-6-5-7-20(33)12-18)28-29(38)36(17-37(26)28)24-11-8-19(30(39)40)13-25(24)41-4/h5-14,26-28,35H,15-17H2,1-4H3,(H,39,40)/t26-,27-,28+,32-/m0/s1. The summed E-state index contributed by atoms with van der Waals surface area (Å²) < 4.78 is 5.59. The predicted octanol–water partition coefficient (Wildman–Crippen LogP) is 6.64. The first-order valence-corrected chi connectivity index (χ1v) is 14.5. The van der Waals surface area contributed by atoms with Gasteiger partial charge in [0.2, 0.25) is 5.91 Å². The summed E-state index contributed by atoms with van der Waals surface area (Å²) in [4.78, 5) is 30.3. The number of nitrogens with one attached hydrogen (secondary N) is 1. The van der Waals surface area contributed by atoms with Gasteiger partial charge in [-0.15, -0.1) is 0 Å². The number of nitrogens with zero attached hydrogens (tertiary/aromatic N) is 2. The second-order valence-electron chi connectivity index (χ2n) is 12.5. The summed E-state index contributed by atoms with van der Waals surface area (Å²) in [7, 11) is 1.49. The van der Waals surface area contributed by atoms with Gasteiger partial charge >= 0.3 is 5.97 Å². The maximum absolute atomic E-state index is 14.6. The molecule has 6 rings (SSSR count). The van der Waals surface area contributed by atoms with Crippen LogP contribution in [0.1, 0.15) is 54.6 Å². The van der Waals surface area contributed by atoms with Crippen LogP contribution in [0, 0.1) is 5.41 Å². The number of fused-ring (bicyclic) bond motifs is 3. The van der Waals surface area contributed by atoms with Crippen LogP contribution in [0.5, 0.6) is 5.75 Å². The number of anilines is 2. The number of rotatable bonds is 5. The second-order valence-corrected chi connectivity index (χ2v) is 13.3. The monoisotopic (exact) mass is 593 g/mol. The lowest BCUT2D eigenvalue weighted by atomic mass is 9.63. The van der Waals surface area contributed by atoms with E-state index in [0.717, 1.165) is 17.7 Å². The van der Waals surface area contributed by atoms with Gasteiger partial charge in [0.1, 0.15) is 5.75 Å². The van der Waals surface area contributed by atoms with Gasteiger partial charge in [0, 0.05) is 39.7 Å². The summed E-state index contributed by atoms with van der Waals surface area (Å²) >= 11 is 13.0. The van der Waals surface area contributed by atoms with E-state index >= 15 is 0 Å². The molecule has 0 bridgehead atoms. The normalized spacial score (nSPS) is 25.4. The third-order valence-electron chi connectivity index (χ3n) is 8.83. The lowest BCUT2D eigenvalue weighted by molar-refractivity contribution is -0.119. The topological polar surface area (TPSA) is 82.1 Å². The molecule has 0 unspecified atom stereocenters. The van der Waals surface area contributed by atoms with E-state index < -0.39 is 17.4 Å². The van der Waals surface area contributed by atoms with Crippen molar-refractivity contribution in [1.82, 2.24) is 4.90 Å². The highest BCUT2D eigenvalue weighted by Crippen LogP contribution is 2.61. The predicted molar refractivity (Wildman–Crippen MR) is 162 cm³/mol. The van der Waals surface area contributed by atoms with Crippen LogP contribution >= 0.6 is 23.2 Å². The summed E-state index contributed by atoms with van der Waals surface area (Å²) in [6.45, 7) is 7.72. The fourth-order valence-corrected chi connectivity index (χ4v) is 7.67. The molecule has 0 radical (unpaired) electrons. The first kappa shape index (κ1) is 27.9. The Hall–Kier alpha value is -3.26. The van der Waals surface area contributed by atoms with E-state index in [1.165, 1.54) is 24.8 Å². The number of halogens is 2. The van der Waals surface area contributed by atoms with Gasteiger partial charge in [0.25, 0.3) is 0 Å². The van der Waals surface area contributed by atoms with Crippen LogP contribution in [0.4, 0.5) is 11.4 Å². The molecule has 3 heterocycles. The Morgan fingerprint density at radius 3 is 2.54 bits per heavy atom. The molecular weight excluding hydrogens is 561 g/mol. The fourth-order valence-electron chi connectivity index (χ4n) is 7.30. The van der Waals surface area contributed by atoms with Crippen molar-refractivity contribution in [2.24, 2.45) is 5.41 Å². The molecule has 1 amide bonds. The Kier molecular flexibility index (Phi) is 6.76. The minimum Gasteiger partial charge on any atom is -0.495 e. The van der Waals surface area contributed by atoms with Gasteiger partial charge in [-0.05, 0) is 65.4 Å². The number of carboxylic acids is 1. The molecule has 0 aromatic heterocycles. The fraction of sp³-hybridized carbons (Fsp3) is 0.375. The SMILES string of the molecule is COc1cc(C(=O)O)ccc1N1CN2[C@@H](CC(C)(C)C)[C@@]3(CNc4cc(Cl)ccc43)[C@@H](c3cccc(Cl)c3)[C@@H]2C1=O. The molecule has 41 heavy (non-hydrogen) atoms. The first-order valence-electron chi connectivity index (χ1n) is 13.7. The number of methoxy groups -OCH3 is 1. The van der Waals surface area contributed by atoms with Crippen molar-refractivity contribution in [3.8, 4) is 5.75 Å². The van der Waals surface area contributed by atoms with Gasteiger partial charge in [0.15, 0.2) is 0 Å². The summed E-state index contributed by atoms with van der Waals surface area (Å²) in [5.41, 5.74) is 3.39. The van der Waals surface area contributed by atoms with Gasteiger partial charge in [0.05, 0.1) is 31.1 Å². The van der Waals surface area contributed by atoms with Crippen LogP contribution in [0.3, 0.4) is 0 Å². The highest BCUT2D eigenvalue weighted by molar-refractivity contribution is 6.31. The Bertz CT molecular complexity index is 1550. The quantitative estimate of drug-likeness (QED) is 0.345. The zero-order valence-corrected chi connectivity index (χ0v) is 25.0. The Labute approximate surface area is 250 Å². The molecule has 3 aliphatic heterocycles. The van der Waals surface area contributed by atoms with Crippen molar-refractivity contribution >= 4 is 46.5 Å². The van der Waals surface area contributed by atoms with Gasteiger partial charge in [-0.2, -0.15) is 0 Å². The summed E-state index contributed by atoms with van der Waals surface area (Å²) in [6, 6.07) is 18.1. The molecular formula is C32H33Cl2N3O4. The van der Waals surface area contributed by atoms with Crippen molar-refractivity contribution in [3.63, 3.8) is 0 Å². The lowest BCUT2D eigenvalue weighted by Gasteiger charge is -2.42. The molecule has 9 heteroatoms. The molecule has 1 spiro atoms. The highest BCUT2D eigenvalue weighted by Gasteiger charge is 2.67. The molecule has 2 fully saturated rings. The van der Waals surface area contributed by atoms with Crippen molar-refractivity contribution in [2.45, 2.75) is 50.6 Å². The number of aromatic carboxylic acids is 1. The number of carbonyl (C=O) groups is 2. The molecule has 214 valence electrons. The van der Waals surface area contributed by atoms with Crippen LogP contribution < -0.4 is 15.0 Å². The zero-order chi connectivity index (χ0) is 29.3. The molecule has 3 aliphatic rings. The van der Waals surface area contributed by atoms with Gasteiger partial charge in [-0.1, -0.05) is 62.2 Å². The minimum atomic E-state index is -1.05. The second kappa shape index (κ2) is 9.93. The number of benzene rings is 3. The number of carboxylic acid groups (broad SMARTS) is 1. The molecule has 3 aromatic carbocycles. The number of carbonyl (C=O) groups excluding carboxylic acids is 1. The summed E-state index contributed by atoms with van der Waals surface area (Å²) in [5.74, 6) is -0.952. The molecule has 2 N–H and O–H groups in total. The Morgan fingerprint density at radius 2 is 1.85 bits per heavy atom. The Morgan fingerprint density at radius 1 is 1.10 bits per heavy atom. The average Bonchev–Trinajstić information content (AvgIpc) is 3.53. The summed E-state index contributed by atoms with van der Waals surface area (Å²) in [6.07, 6.45) is 0.848.